The molecule has 108 valence electrons. The molecule has 2 saturated heterocycles. The Morgan fingerprint density at radius 3 is 2.95 bits per heavy atom. The van der Waals surface area contributed by atoms with Gasteiger partial charge in [-0.15, -0.1) is 0 Å². The predicted molar refractivity (Wildman–Crippen MR) is 82.9 cm³/mol. The van der Waals surface area contributed by atoms with Gasteiger partial charge in [0.05, 0.1) is 0 Å². The number of nitriles is 1. The lowest BCUT2D eigenvalue weighted by molar-refractivity contribution is 0.121. The second kappa shape index (κ2) is 4.77. The number of nitrogens with zero attached hydrogens (tertiary/aromatic N) is 1. The molecule has 0 saturated carbocycles. The van der Waals surface area contributed by atoms with Crippen LogP contribution in [0.5, 0.6) is 0 Å². The fraction of sp³-hybridized carbons (Fsp3) is 0.562. The number of nitrogens with two attached hydrogens (primary N) is 1. The van der Waals surface area contributed by atoms with E-state index in [-0.39, 0.29) is 4.93 Å². The van der Waals surface area contributed by atoms with E-state index in [1.165, 1.54) is 16.0 Å². The average molecular weight is 290 g/mol. The minimum atomic E-state index is -1.47. The van der Waals surface area contributed by atoms with Crippen molar-refractivity contribution in [1.82, 2.24) is 0 Å². The molecule has 3 unspecified atom stereocenters. The number of thiocyanates is 1. The zero-order chi connectivity index (χ0) is 14.4. The summed E-state index contributed by atoms with van der Waals surface area (Å²) in [5.41, 5.74) is 8.33. The lowest BCUT2D eigenvalue weighted by atomic mass is 10.0. The van der Waals surface area contributed by atoms with Gasteiger partial charge < -0.3 is 10.5 Å². The molecule has 2 aliphatic rings. The van der Waals surface area contributed by atoms with Crippen molar-refractivity contribution >= 4 is 10.0 Å². The van der Waals surface area contributed by atoms with E-state index in [2.05, 4.69) is 37.4 Å². The molecule has 1 aromatic rings. The Bertz CT molecular complexity index is 574. The summed E-state index contributed by atoms with van der Waals surface area (Å²) in [6, 6.07) is 6.49. The normalized spacial score (nSPS) is 36.3. The molecule has 0 aromatic heterocycles. The highest BCUT2D eigenvalue weighted by Crippen LogP contribution is 2.83. The Morgan fingerprint density at radius 1 is 1.55 bits per heavy atom. The minimum Gasteiger partial charge on any atom is -0.364 e. The Kier molecular flexibility index (Phi) is 3.32. The van der Waals surface area contributed by atoms with Gasteiger partial charge in [-0.1, -0.05) is 34.6 Å². The SMILES string of the molecule is Cc1ccc(C(C)CN)c(S2(C#N)CC23CCCO3)c1. The largest absolute Gasteiger partial charge is 0.364 e. The van der Waals surface area contributed by atoms with Crippen LogP contribution in [0.15, 0.2) is 23.1 Å². The van der Waals surface area contributed by atoms with Crippen LogP contribution >= 0.6 is 10.0 Å². The first-order valence-corrected chi connectivity index (χ1v) is 9.05. The molecule has 2 heterocycles. The zero-order valence-electron chi connectivity index (χ0n) is 12.2. The molecule has 0 bridgehead atoms. The molecule has 0 aliphatic carbocycles. The fourth-order valence-corrected chi connectivity index (χ4v) is 7.18. The van der Waals surface area contributed by atoms with Crippen molar-refractivity contribution in [2.75, 3.05) is 18.9 Å². The summed E-state index contributed by atoms with van der Waals surface area (Å²) >= 11 is 0. The minimum absolute atomic E-state index is 0.140. The summed E-state index contributed by atoms with van der Waals surface area (Å²) in [5, 5.41) is 12.5. The van der Waals surface area contributed by atoms with Gasteiger partial charge in [0.15, 0.2) is 0 Å². The van der Waals surface area contributed by atoms with Gasteiger partial charge in [0.25, 0.3) is 0 Å². The molecule has 2 fully saturated rings. The maximum atomic E-state index is 9.88. The third-order valence-electron chi connectivity index (χ3n) is 4.63. The molecule has 20 heavy (non-hydrogen) atoms. The van der Waals surface area contributed by atoms with Crippen LogP contribution in [0.3, 0.4) is 0 Å². The molecular weight excluding hydrogens is 268 g/mol. The smallest absolute Gasteiger partial charge is 0.122 e. The van der Waals surface area contributed by atoms with Gasteiger partial charge in [-0.3, -0.25) is 0 Å². The number of aryl methyl sites for hydroxylation is 1. The predicted octanol–water partition coefficient (Wildman–Crippen LogP) is 3.22. The van der Waals surface area contributed by atoms with E-state index in [4.69, 9.17) is 10.5 Å². The van der Waals surface area contributed by atoms with Crippen LogP contribution in [0.4, 0.5) is 0 Å². The van der Waals surface area contributed by atoms with E-state index >= 15 is 0 Å². The lowest BCUT2D eigenvalue weighted by Gasteiger charge is -2.25. The van der Waals surface area contributed by atoms with E-state index in [1.807, 2.05) is 0 Å². The van der Waals surface area contributed by atoms with Crippen molar-refractivity contribution < 1.29 is 4.74 Å². The van der Waals surface area contributed by atoms with Gasteiger partial charge in [0.1, 0.15) is 10.3 Å². The number of ether oxygens (including phenoxy) is 1. The van der Waals surface area contributed by atoms with Crippen molar-refractivity contribution in [1.29, 1.82) is 5.26 Å². The summed E-state index contributed by atoms with van der Waals surface area (Å²) in [5.74, 6) is 1.21. The molecular formula is C16H22N2OS. The zero-order valence-corrected chi connectivity index (χ0v) is 13.0. The van der Waals surface area contributed by atoms with Gasteiger partial charge in [0.2, 0.25) is 0 Å². The molecule has 2 N–H and O–H groups in total. The van der Waals surface area contributed by atoms with Gasteiger partial charge in [-0.25, -0.2) is 0 Å². The van der Waals surface area contributed by atoms with Crippen LogP contribution in [-0.2, 0) is 4.74 Å². The first-order chi connectivity index (χ1) is 9.58. The number of hydrogen-bond donors (Lipinski definition) is 1. The number of rotatable bonds is 3. The van der Waals surface area contributed by atoms with E-state index < -0.39 is 10.0 Å². The van der Waals surface area contributed by atoms with Crippen LogP contribution in [0, 0.1) is 17.6 Å². The molecule has 3 nitrogen and oxygen atoms in total. The monoisotopic (exact) mass is 290 g/mol. The summed E-state index contributed by atoms with van der Waals surface area (Å²) in [7, 11) is -1.47. The maximum Gasteiger partial charge on any atom is 0.122 e. The average Bonchev–Trinajstić information content (AvgIpc) is 2.83. The summed E-state index contributed by atoms with van der Waals surface area (Å²) in [6.07, 6.45) is 2.13. The van der Waals surface area contributed by atoms with E-state index in [0.717, 1.165) is 25.2 Å². The van der Waals surface area contributed by atoms with Gasteiger partial charge >= 0.3 is 0 Å². The molecule has 2 aliphatic heterocycles. The molecule has 4 heteroatoms. The highest BCUT2D eigenvalue weighted by molar-refractivity contribution is 8.44. The maximum absolute atomic E-state index is 9.88. The van der Waals surface area contributed by atoms with E-state index in [9.17, 15) is 5.26 Å². The molecule has 3 rings (SSSR count). The van der Waals surface area contributed by atoms with Crippen molar-refractivity contribution in [2.45, 2.75) is 42.4 Å². The van der Waals surface area contributed by atoms with Crippen LogP contribution in [0.2, 0.25) is 0 Å². The third-order valence-corrected chi connectivity index (χ3v) is 8.34. The third kappa shape index (κ3) is 1.81. The van der Waals surface area contributed by atoms with E-state index in [1.54, 1.807) is 0 Å². The first kappa shape index (κ1) is 13.9. The van der Waals surface area contributed by atoms with Crippen LogP contribution < -0.4 is 5.73 Å². The van der Waals surface area contributed by atoms with Gasteiger partial charge in [0, 0.05) is 17.3 Å². The van der Waals surface area contributed by atoms with Crippen LogP contribution in [-0.4, -0.2) is 23.8 Å². The topological polar surface area (TPSA) is 59.0 Å². The second-order valence-corrected chi connectivity index (χ2v) is 9.15. The second-order valence-electron chi connectivity index (χ2n) is 6.02. The molecule has 3 atom stereocenters. The summed E-state index contributed by atoms with van der Waals surface area (Å²) in [4.78, 5) is 1.10. The van der Waals surface area contributed by atoms with Crippen molar-refractivity contribution in [3.8, 4) is 5.40 Å². The fourth-order valence-electron chi connectivity index (χ4n) is 3.28. The quantitative estimate of drug-likeness (QED) is 0.687. The Balaban J connectivity index is 2.10. The Labute approximate surface area is 122 Å². The molecule has 0 amide bonds. The molecule has 1 aromatic carbocycles. The summed E-state index contributed by atoms with van der Waals surface area (Å²) in [6.45, 7) is 5.66. The highest BCUT2D eigenvalue weighted by atomic mass is 32.3. The standard InChI is InChI=1S/C16H22N2OS/c1-12-4-5-14(13(2)9-17)15(8-12)20(11-18)10-16(20)6-3-7-19-16/h4-5,8,13H,3,6-7,9-10,17H2,1-2H3. The Morgan fingerprint density at radius 2 is 2.35 bits per heavy atom. The Hall–Kier alpha value is -1.02. The van der Waals surface area contributed by atoms with Crippen molar-refractivity contribution in [3.05, 3.63) is 29.3 Å². The van der Waals surface area contributed by atoms with Crippen molar-refractivity contribution in [2.24, 2.45) is 5.73 Å². The summed E-state index contributed by atoms with van der Waals surface area (Å²) < 4.78 is 6.00. The number of hydrogen-bond acceptors (Lipinski definition) is 3. The molecule has 0 radical (unpaired) electrons. The van der Waals surface area contributed by atoms with Crippen LogP contribution in [0.25, 0.3) is 0 Å². The number of benzene rings is 1. The molecule has 1 spiro atoms. The van der Waals surface area contributed by atoms with Crippen LogP contribution in [0.1, 0.15) is 36.8 Å². The van der Waals surface area contributed by atoms with Crippen molar-refractivity contribution in [3.63, 3.8) is 0 Å². The van der Waals surface area contributed by atoms with E-state index in [0.29, 0.717) is 12.5 Å². The van der Waals surface area contributed by atoms with Gasteiger partial charge in [-0.2, -0.15) is 5.26 Å². The van der Waals surface area contributed by atoms with Gasteiger partial charge in [-0.05, 0) is 43.9 Å². The highest BCUT2D eigenvalue weighted by Gasteiger charge is 2.68. The lowest BCUT2D eigenvalue weighted by Crippen LogP contribution is -2.13. The first-order valence-electron chi connectivity index (χ1n) is 7.25.